The van der Waals surface area contributed by atoms with Crippen molar-refractivity contribution in [3.8, 4) is 17.4 Å². The largest absolute Gasteiger partial charge is 0.493 e. The summed E-state index contributed by atoms with van der Waals surface area (Å²) >= 11 is 0. The maximum atomic E-state index is 13.3. The number of rotatable bonds is 9. The lowest BCUT2D eigenvalue weighted by molar-refractivity contribution is -0.141. The molecule has 2 N–H and O–H groups in total. The average Bonchev–Trinajstić information content (AvgIpc) is 3.25. The minimum absolute atomic E-state index is 0.0206. The van der Waals surface area contributed by atoms with Crippen molar-refractivity contribution in [1.29, 1.82) is 0 Å². The van der Waals surface area contributed by atoms with E-state index in [9.17, 15) is 19.5 Å². The molecule has 0 radical (unpaired) electrons. The quantitative estimate of drug-likeness (QED) is 0.179. The number of hydrogen-bond acceptors (Lipinski definition) is 8. The Morgan fingerprint density at radius 3 is 2.33 bits per heavy atom. The highest BCUT2D eigenvalue weighted by Gasteiger charge is 2.20. The van der Waals surface area contributed by atoms with E-state index in [0.717, 1.165) is 0 Å². The lowest BCUT2D eigenvalue weighted by atomic mass is 10.1. The third kappa shape index (κ3) is 5.99. The van der Waals surface area contributed by atoms with Gasteiger partial charge in [0.15, 0.2) is 17.2 Å². The van der Waals surface area contributed by atoms with Crippen LogP contribution < -0.4 is 14.8 Å². The molecule has 0 saturated heterocycles. The molecule has 0 atom stereocenters. The van der Waals surface area contributed by atoms with Crippen LogP contribution in [0.5, 0.6) is 17.4 Å². The number of benzene rings is 3. The number of ether oxygens (including phenoxy) is 3. The van der Waals surface area contributed by atoms with Crippen LogP contribution in [-0.2, 0) is 20.9 Å². The summed E-state index contributed by atoms with van der Waals surface area (Å²) in [5, 5.41) is 21.7. The van der Waals surface area contributed by atoms with Crippen molar-refractivity contribution in [2.45, 2.75) is 6.54 Å². The Labute approximate surface area is 229 Å². The van der Waals surface area contributed by atoms with E-state index in [1.807, 2.05) is 0 Å². The summed E-state index contributed by atoms with van der Waals surface area (Å²) in [5.74, 6) is -1.47. The maximum absolute atomic E-state index is 13.3. The summed E-state index contributed by atoms with van der Waals surface area (Å²) in [5.41, 5.74) is 1.14. The van der Waals surface area contributed by atoms with Gasteiger partial charge in [0.2, 0.25) is 5.88 Å². The molecule has 0 saturated carbocycles. The van der Waals surface area contributed by atoms with Crippen molar-refractivity contribution in [1.82, 2.24) is 9.88 Å². The maximum Gasteiger partial charge on any atom is 0.325 e. The molecule has 4 rings (SSSR count). The number of aromatic hydroxyl groups is 1. The first kappa shape index (κ1) is 27.6. The molecule has 4 aromatic rings. The smallest absolute Gasteiger partial charge is 0.325 e. The van der Waals surface area contributed by atoms with Crippen LogP contribution in [0.1, 0.15) is 15.9 Å². The molecule has 0 fully saturated rings. The summed E-state index contributed by atoms with van der Waals surface area (Å²) in [6.07, 6.45) is 1.42. The van der Waals surface area contributed by atoms with Crippen molar-refractivity contribution in [2.24, 2.45) is 10.2 Å². The zero-order valence-electron chi connectivity index (χ0n) is 22.0. The normalized spacial score (nSPS) is 11.4. The van der Waals surface area contributed by atoms with Crippen molar-refractivity contribution in [3.63, 3.8) is 0 Å². The average molecular weight is 543 g/mol. The zero-order valence-corrected chi connectivity index (χ0v) is 22.0. The molecule has 0 unspecified atom stereocenters. The summed E-state index contributed by atoms with van der Waals surface area (Å²) in [6, 6.07) is 20.1. The minimum Gasteiger partial charge on any atom is -0.493 e. The van der Waals surface area contributed by atoms with Gasteiger partial charge in [0, 0.05) is 10.9 Å². The number of nitrogens with zero attached hydrogens (tertiary/aromatic N) is 3. The summed E-state index contributed by atoms with van der Waals surface area (Å²) in [6.45, 7) is -0.274. The van der Waals surface area contributed by atoms with E-state index >= 15 is 0 Å². The predicted molar refractivity (Wildman–Crippen MR) is 147 cm³/mol. The Morgan fingerprint density at radius 2 is 1.62 bits per heavy atom. The lowest BCUT2D eigenvalue weighted by Gasteiger charge is -2.10. The first-order valence-electron chi connectivity index (χ1n) is 12.0. The summed E-state index contributed by atoms with van der Waals surface area (Å²) in [4.78, 5) is 38.1. The van der Waals surface area contributed by atoms with E-state index in [1.54, 1.807) is 72.8 Å². The van der Waals surface area contributed by atoms with Crippen LogP contribution in [0.3, 0.4) is 0 Å². The Kier molecular flexibility index (Phi) is 8.55. The van der Waals surface area contributed by atoms with Crippen LogP contribution in [0.15, 0.2) is 88.7 Å². The number of carbonyl (C=O) groups excluding carboxylic acids is 3. The number of aromatic nitrogens is 1. The van der Waals surface area contributed by atoms with Gasteiger partial charge in [0.05, 0.1) is 26.8 Å². The van der Waals surface area contributed by atoms with E-state index in [4.69, 9.17) is 14.2 Å². The number of amides is 2. The highest BCUT2D eigenvalue weighted by Crippen LogP contribution is 2.39. The molecule has 1 heterocycles. The number of nitrogens with one attached hydrogen (secondary N) is 1. The third-order valence-electron chi connectivity index (χ3n) is 5.91. The van der Waals surface area contributed by atoms with Gasteiger partial charge in [-0.25, -0.2) is 0 Å². The monoisotopic (exact) mass is 542 g/mol. The fourth-order valence-electron chi connectivity index (χ4n) is 3.92. The Bertz CT molecular complexity index is 1620. The zero-order chi connectivity index (χ0) is 28.6. The van der Waals surface area contributed by atoms with Crippen molar-refractivity contribution in [2.75, 3.05) is 21.3 Å². The molecule has 204 valence electrons. The van der Waals surface area contributed by atoms with Gasteiger partial charge in [-0.3, -0.25) is 19.0 Å². The van der Waals surface area contributed by atoms with Crippen LogP contribution in [0.2, 0.25) is 0 Å². The molecular weight excluding hydrogens is 516 g/mol. The minimum atomic E-state index is -0.886. The molecule has 0 bridgehead atoms. The van der Waals surface area contributed by atoms with Gasteiger partial charge < -0.3 is 24.6 Å². The molecule has 2 amide bonds. The van der Waals surface area contributed by atoms with Gasteiger partial charge in [-0.2, -0.15) is 0 Å². The number of azo groups is 1. The van der Waals surface area contributed by atoms with Crippen LogP contribution in [0, 0.1) is 0 Å². The molecule has 3 aromatic carbocycles. The highest BCUT2D eigenvalue weighted by atomic mass is 16.5. The molecule has 11 heteroatoms. The van der Waals surface area contributed by atoms with Gasteiger partial charge in [-0.15, -0.1) is 10.2 Å². The molecule has 11 nitrogen and oxygen atoms in total. The standard InChI is InChI=1S/C29H26N4O7/c1-38-23-14-13-18(16-24(23)39-2)15-21(30-27(35)19-9-5-4-6-10-19)28(36)32-31-26-20-11-7-8-12-22(20)33(29(26)37)17-25(34)40-3/h4-16,37H,17H2,1-3H3,(H,30,35)/b21-15+,32-31?. The second-order valence-corrected chi connectivity index (χ2v) is 8.35. The molecule has 0 aliphatic carbocycles. The highest BCUT2D eigenvalue weighted by molar-refractivity contribution is 6.06. The van der Waals surface area contributed by atoms with Crippen molar-refractivity contribution < 1.29 is 33.7 Å². The van der Waals surface area contributed by atoms with Crippen LogP contribution in [0.4, 0.5) is 5.69 Å². The number of carbonyl (C=O) groups is 3. The van der Waals surface area contributed by atoms with E-state index < -0.39 is 17.8 Å². The van der Waals surface area contributed by atoms with Gasteiger partial charge in [0.25, 0.3) is 5.91 Å². The van der Waals surface area contributed by atoms with Gasteiger partial charge in [-0.1, -0.05) is 42.5 Å². The summed E-state index contributed by atoms with van der Waals surface area (Å²) in [7, 11) is 4.21. The van der Waals surface area contributed by atoms with Gasteiger partial charge in [0.1, 0.15) is 12.2 Å². The van der Waals surface area contributed by atoms with E-state index in [-0.39, 0.29) is 23.8 Å². The van der Waals surface area contributed by atoms with Gasteiger partial charge >= 0.3 is 11.9 Å². The first-order valence-corrected chi connectivity index (χ1v) is 12.0. The molecule has 0 spiro atoms. The number of hydrogen-bond donors (Lipinski definition) is 2. The summed E-state index contributed by atoms with van der Waals surface area (Å²) < 4.78 is 16.6. The molecule has 0 aliphatic heterocycles. The molecule has 40 heavy (non-hydrogen) atoms. The van der Waals surface area contributed by atoms with Crippen LogP contribution in [-0.4, -0.2) is 48.8 Å². The Balaban J connectivity index is 1.73. The van der Waals surface area contributed by atoms with Crippen molar-refractivity contribution >= 4 is 40.4 Å². The third-order valence-corrected chi connectivity index (χ3v) is 5.91. The second-order valence-electron chi connectivity index (χ2n) is 8.35. The van der Waals surface area contributed by atoms with Crippen LogP contribution >= 0.6 is 0 Å². The van der Waals surface area contributed by atoms with E-state index in [1.165, 1.54) is 32.0 Å². The number of para-hydroxylation sites is 1. The van der Waals surface area contributed by atoms with E-state index in [0.29, 0.717) is 33.5 Å². The molecular formula is C29H26N4O7. The predicted octanol–water partition coefficient (Wildman–Crippen LogP) is 4.62. The molecule has 0 aliphatic rings. The van der Waals surface area contributed by atoms with E-state index in [2.05, 4.69) is 15.5 Å². The lowest BCUT2D eigenvalue weighted by Crippen LogP contribution is -2.26. The number of methoxy groups -OCH3 is 3. The van der Waals surface area contributed by atoms with Crippen molar-refractivity contribution in [3.05, 3.63) is 89.6 Å². The topological polar surface area (TPSA) is 141 Å². The fraction of sp³-hybridized carbons (Fsp3) is 0.138. The Morgan fingerprint density at radius 1 is 0.925 bits per heavy atom. The molecule has 1 aromatic heterocycles. The second kappa shape index (κ2) is 12.4. The number of fused-ring (bicyclic) bond motifs is 1. The number of esters is 1. The Hall–Kier alpha value is -5.45. The van der Waals surface area contributed by atoms with Gasteiger partial charge in [-0.05, 0) is 42.0 Å². The SMILES string of the molecule is COC(=O)Cn1c(O)c(N=NC(=O)/C(=C\c2ccc(OC)c(OC)c2)NC(=O)c2ccccc2)c2ccccc21. The fourth-order valence-corrected chi connectivity index (χ4v) is 3.92. The van der Waals surface area contributed by atoms with Crippen LogP contribution in [0.25, 0.3) is 17.0 Å². The first-order chi connectivity index (χ1) is 19.4.